The number of benzene rings is 1. The second-order valence-corrected chi connectivity index (χ2v) is 7.30. The first-order valence-electron chi connectivity index (χ1n) is 9.45. The number of aromatic nitrogens is 3. The Balaban J connectivity index is 1.93. The molecule has 2 aromatic rings. The molecule has 10 heteroatoms. The highest BCUT2D eigenvalue weighted by Gasteiger charge is 2.32. The molecule has 1 saturated heterocycles. The van der Waals surface area contributed by atoms with E-state index >= 15 is 0 Å². The lowest BCUT2D eigenvalue weighted by Crippen LogP contribution is -2.43. The molecule has 158 valence electrons. The van der Waals surface area contributed by atoms with Crippen molar-refractivity contribution in [2.75, 3.05) is 25.0 Å². The molecule has 2 heterocycles. The van der Waals surface area contributed by atoms with E-state index in [4.69, 9.17) is 0 Å². The van der Waals surface area contributed by atoms with E-state index in [1.807, 2.05) is 0 Å². The fraction of sp³-hybridized carbons (Fsp3) is 0.526. The third kappa shape index (κ3) is 4.36. The quantitative estimate of drug-likeness (QED) is 0.805. The van der Waals surface area contributed by atoms with Gasteiger partial charge >= 0.3 is 6.18 Å². The molecule has 2 N–H and O–H groups in total. The van der Waals surface area contributed by atoms with Crippen molar-refractivity contribution in [3.05, 3.63) is 33.6 Å². The normalized spacial score (nSPS) is 18.1. The SMILES string of the molecule is CCN1CCC[C@@H](Nc2nnc(-c3c(C)cc(C(F)(F)F)cc3O)n(C)c2=O)C1. The standard InChI is InChI=1S/C19H24F3N5O2/c1-4-27-7-5-6-13(10-27)23-16-18(29)26(3)17(25-24-16)15-11(2)8-12(9-14(15)28)19(20,21)22/h8-9,13,28H,4-7,10H2,1-3H3,(H,23,24)/t13-/m1/s1. The number of aryl methyl sites for hydroxylation is 1. The molecule has 1 aliphatic heterocycles. The number of halogens is 3. The summed E-state index contributed by atoms with van der Waals surface area (Å²) in [6.07, 6.45) is -2.67. The summed E-state index contributed by atoms with van der Waals surface area (Å²) >= 11 is 0. The zero-order valence-electron chi connectivity index (χ0n) is 16.5. The second-order valence-electron chi connectivity index (χ2n) is 7.30. The Hall–Kier alpha value is -2.62. The summed E-state index contributed by atoms with van der Waals surface area (Å²) in [5, 5.41) is 21.3. The van der Waals surface area contributed by atoms with E-state index in [1.54, 1.807) is 0 Å². The molecule has 29 heavy (non-hydrogen) atoms. The number of hydrogen-bond acceptors (Lipinski definition) is 6. The maximum absolute atomic E-state index is 12.9. The number of alkyl halides is 3. The number of hydrogen-bond donors (Lipinski definition) is 2. The largest absolute Gasteiger partial charge is 0.507 e. The zero-order valence-corrected chi connectivity index (χ0v) is 16.5. The maximum Gasteiger partial charge on any atom is 0.416 e. The van der Waals surface area contributed by atoms with Crippen molar-refractivity contribution in [1.29, 1.82) is 0 Å². The molecule has 0 unspecified atom stereocenters. The van der Waals surface area contributed by atoms with Crippen LogP contribution >= 0.6 is 0 Å². The molecule has 1 aromatic carbocycles. The number of likely N-dealkylation sites (tertiary alicyclic amines) is 1. The number of rotatable bonds is 4. The molecule has 7 nitrogen and oxygen atoms in total. The van der Waals surface area contributed by atoms with Crippen molar-refractivity contribution in [3.63, 3.8) is 0 Å². The Morgan fingerprint density at radius 1 is 1.31 bits per heavy atom. The number of piperidine rings is 1. The van der Waals surface area contributed by atoms with Gasteiger partial charge in [-0.2, -0.15) is 13.2 Å². The summed E-state index contributed by atoms with van der Waals surface area (Å²) in [7, 11) is 1.45. The summed E-state index contributed by atoms with van der Waals surface area (Å²) in [5.74, 6) is -0.514. The van der Waals surface area contributed by atoms with Gasteiger partial charge < -0.3 is 15.3 Å². The van der Waals surface area contributed by atoms with Crippen LogP contribution in [0.3, 0.4) is 0 Å². The minimum atomic E-state index is -4.58. The van der Waals surface area contributed by atoms with Gasteiger partial charge in [-0.3, -0.25) is 9.36 Å². The van der Waals surface area contributed by atoms with Crippen molar-refractivity contribution in [3.8, 4) is 17.1 Å². The van der Waals surface area contributed by atoms with Gasteiger partial charge in [0.1, 0.15) is 5.75 Å². The van der Waals surface area contributed by atoms with E-state index in [0.29, 0.717) is 6.07 Å². The molecular formula is C19H24F3N5O2. The predicted octanol–water partition coefficient (Wildman–Crippen LogP) is 2.77. The molecular weight excluding hydrogens is 387 g/mol. The van der Waals surface area contributed by atoms with Crippen LogP contribution in [0.1, 0.15) is 30.9 Å². The summed E-state index contributed by atoms with van der Waals surface area (Å²) < 4.78 is 40.0. The molecule has 0 amide bonds. The molecule has 0 bridgehead atoms. The van der Waals surface area contributed by atoms with E-state index in [0.717, 1.165) is 38.5 Å². The predicted molar refractivity (Wildman–Crippen MR) is 103 cm³/mol. The minimum absolute atomic E-state index is 0.00287. The molecule has 0 saturated carbocycles. The molecule has 1 aliphatic rings. The van der Waals surface area contributed by atoms with Crippen LogP contribution < -0.4 is 10.9 Å². The monoisotopic (exact) mass is 411 g/mol. The van der Waals surface area contributed by atoms with E-state index in [1.165, 1.54) is 18.5 Å². The van der Waals surface area contributed by atoms with Crippen LogP contribution in [-0.2, 0) is 13.2 Å². The lowest BCUT2D eigenvalue weighted by atomic mass is 10.0. The lowest BCUT2D eigenvalue weighted by Gasteiger charge is -2.32. The smallest absolute Gasteiger partial charge is 0.416 e. The summed E-state index contributed by atoms with van der Waals surface area (Å²) in [4.78, 5) is 15.0. The van der Waals surface area contributed by atoms with E-state index in [9.17, 15) is 23.1 Å². The van der Waals surface area contributed by atoms with Crippen molar-refractivity contribution in [2.45, 2.75) is 38.9 Å². The van der Waals surface area contributed by atoms with Crippen molar-refractivity contribution in [2.24, 2.45) is 7.05 Å². The summed E-state index contributed by atoms with van der Waals surface area (Å²) in [6.45, 7) is 6.23. The topological polar surface area (TPSA) is 83.3 Å². The van der Waals surface area contributed by atoms with Crippen molar-refractivity contribution >= 4 is 5.82 Å². The van der Waals surface area contributed by atoms with Gasteiger partial charge in [-0.15, -0.1) is 10.2 Å². The van der Waals surface area contributed by atoms with Gasteiger partial charge in [0.2, 0.25) is 5.82 Å². The van der Waals surface area contributed by atoms with Gasteiger partial charge in [0, 0.05) is 19.6 Å². The fourth-order valence-corrected chi connectivity index (χ4v) is 3.65. The first-order valence-corrected chi connectivity index (χ1v) is 9.45. The van der Waals surface area contributed by atoms with Gasteiger partial charge in [-0.05, 0) is 50.6 Å². The average molecular weight is 411 g/mol. The highest BCUT2D eigenvalue weighted by molar-refractivity contribution is 5.69. The average Bonchev–Trinajstić information content (AvgIpc) is 2.66. The maximum atomic E-state index is 12.9. The van der Waals surface area contributed by atoms with Crippen LogP contribution in [0.5, 0.6) is 5.75 Å². The molecule has 1 atom stereocenters. The van der Waals surface area contributed by atoms with Crippen molar-refractivity contribution in [1.82, 2.24) is 19.7 Å². The fourth-order valence-electron chi connectivity index (χ4n) is 3.65. The van der Waals surface area contributed by atoms with Crippen LogP contribution in [0.25, 0.3) is 11.4 Å². The number of likely N-dealkylation sites (N-methyl/N-ethyl adjacent to an activating group) is 1. The van der Waals surface area contributed by atoms with Crippen LogP contribution in [0.2, 0.25) is 0 Å². The number of phenolic OH excluding ortho intramolecular Hbond substituents is 1. The number of nitrogens with zero attached hydrogens (tertiary/aromatic N) is 4. The van der Waals surface area contributed by atoms with Gasteiger partial charge in [0.05, 0.1) is 11.1 Å². The van der Waals surface area contributed by atoms with Crippen LogP contribution in [0, 0.1) is 6.92 Å². The summed E-state index contributed by atoms with van der Waals surface area (Å²) in [5.41, 5.74) is -1.23. The second kappa shape index (κ2) is 8.02. The highest BCUT2D eigenvalue weighted by atomic mass is 19.4. The summed E-state index contributed by atoms with van der Waals surface area (Å²) in [6, 6.07) is 1.61. The van der Waals surface area contributed by atoms with E-state index in [-0.39, 0.29) is 28.8 Å². The van der Waals surface area contributed by atoms with Gasteiger partial charge in [-0.25, -0.2) is 0 Å². The molecule has 0 radical (unpaired) electrons. The van der Waals surface area contributed by atoms with Crippen LogP contribution in [0.15, 0.2) is 16.9 Å². The Bertz CT molecular complexity index is 935. The van der Waals surface area contributed by atoms with Gasteiger partial charge in [0.25, 0.3) is 5.56 Å². The number of phenols is 1. The highest BCUT2D eigenvalue weighted by Crippen LogP contribution is 2.38. The molecule has 3 rings (SSSR count). The third-order valence-corrected chi connectivity index (χ3v) is 5.23. The zero-order chi connectivity index (χ0) is 21.3. The number of aromatic hydroxyl groups is 1. The number of anilines is 1. The minimum Gasteiger partial charge on any atom is -0.507 e. The molecule has 0 aliphatic carbocycles. The van der Waals surface area contributed by atoms with Gasteiger partial charge in [-0.1, -0.05) is 6.92 Å². The van der Waals surface area contributed by atoms with Gasteiger partial charge in [0.15, 0.2) is 5.82 Å². The molecule has 0 spiro atoms. The van der Waals surface area contributed by atoms with Crippen molar-refractivity contribution < 1.29 is 18.3 Å². The first kappa shape index (κ1) is 21.1. The lowest BCUT2D eigenvalue weighted by molar-refractivity contribution is -0.137. The number of nitrogens with one attached hydrogen (secondary N) is 1. The first-order chi connectivity index (χ1) is 13.6. The Morgan fingerprint density at radius 3 is 2.66 bits per heavy atom. The van der Waals surface area contributed by atoms with Crippen LogP contribution in [0.4, 0.5) is 19.0 Å². The Kier molecular flexibility index (Phi) is 5.83. The molecule has 1 fully saturated rings. The Morgan fingerprint density at radius 2 is 2.03 bits per heavy atom. The van der Waals surface area contributed by atoms with E-state index in [2.05, 4.69) is 27.3 Å². The Labute approximate surface area is 166 Å². The van der Waals surface area contributed by atoms with Crippen LogP contribution in [-0.4, -0.2) is 50.4 Å². The molecule has 1 aromatic heterocycles. The third-order valence-electron chi connectivity index (χ3n) is 5.23. The van der Waals surface area contributed by atoms with E-state index < -0.39 is 23.0 Å².